The Balaban J connectivity index is 1.36. The predicted octanol–water partition coefficient (Wildman–Crippen LogP) is 2.86. The van der Waals surface area contributed by atoms with Crippen molar-refractivity contribution < 1.29 is 4.79 Å². The molecule has 0 bridgehead atoms. The second-order valence-corrected chi connectivity index (χ2v) is 7.40. The van der Waals surface area contributed by atoms with Gasteiger partial charge in [0, 0.05) is 44.1 Å². The fourth-order valence-electron chi connectivity index (χ4n) is 3.59. The van der Waals surface area contributed by atoms with Crippen molar-refractivity contribution in [3.63, 3.8) is 0 Å². The minimum absolute atomic E-state index is 0.0598. The maximum absolute atomic E-state index is 12.0. The summed E-state index contributed by atoms with van der Waals surface area (Å²) in [6, 6.07) is 8.41. The number of carbonyl (C=O) groups excluding carboxylic acids is 1. The first-order chi connectivity index (χ1) is 12.7. The van der Waals surface area contributed by atoms with Crippen molar-refractivity contribution in [2.24, 2.45) is 0 Å². The van der Waals surface area contributed by atoms with E-state index in [4.69, 9.17) is 0 Å². The quantitative estimate of drug-likeness (QED) is 0.738. The fourth-order valence-corrected chi connectivity index (χ4v) is 3.59. The Morgan fingerprint density at radius 1 is 1.08 bits per heavy atom. The van der Waals surface area contributed by atoms with Crippen LogP contribution in [0.25, 0.3) is 0 Å². The predicted molar refractivity (Wildman–Crippen MR) is 109 cm³/mol. The van der Waals surface area contributed by atoms with Crippen molar-refractivity contribution in [3.8, 4) is 0 Å². The molecule has 0 atom stereocenters. The Labute approximate surface area is 157 Å². The number of nitrogens with zero attached hydrogens (tertiary/aromatic N) is 2. The molecule has 3 rings (SSSR count). The largest absolute Gasteiger partial charge is 0.376 e. The van der Waals surface area contributed by atoms with Crippen LogP contribution in [0.3, 0.4) is 0 Å². The maximum atomic E-state index is 12.0. The van der Waals surface area contributed by atoms with Crippen LogP contribution >= 0.6 is 0 Å². The van der Waals surface area contributed by atoms with Crippen molar-refractivity contribution in [2.75, 3.05) is 56.5 Å². The van der Waals surface area contributed by atoms with Gasteiger partial charge in [0.05, 0.1) is 6.54 Å². The average Bonchev–Trinajstić information content (AvgIpc) is 2.68. The van der Waals surface area contributed by atoms with Crippen molar-refractivity contribution in [3.05, 3.63) is 35.9 Å². The third kappa shape index (κ3) is 5.77. The minimum Gasteiger partial charge on any atom is -0.376 e. The molecule has 0 radical (unpaired) electrons. The minimum atomic E-state index is 0.0598. The van der Waals surface area contributed by atoms with Crippen LogP contribution in [0.1, 0.15) is 32.1 Å². The second kappa shape index (κ2) is 9.62. The highest BCUT2D eigenvalue weighted by Gasteiger charge is 2.14. The van der Waals surface area contributed by atoms with E-state index in [-0.39, 0.29) is 5.91 Å². The van der Waals surface area contributed by atoms with Crippen molar-refractivity contribution in [1.29, 1.82) is 0 Å². The van der Waals surface area contributed by atoms with Crippen LogP contribution in [-0.4, -0.2) is 57.1 Å². The molecule has 1 fully saturated rings. The van der Waals surface area contributed by atoms with Crippen LogP contribution in [0.5, 0.6) is 0 Å². The molecule has 142 valence electrons. The summed E-state index contributed by atoms with van der Waals surface area (Å²) in [7, 11) is 2.17. The Hall–Kier alpha value is -2.01. The molecule has 5 heteroatoms. The van der Waals surface area contributed by atoms with Crippen LogP contribution in [0.4, 0.5) is 11.4 Å². The van der Waals surface area contributed by atoms with E-state index in [1.165, 1.54) is 36.9 Å². The van der Waals surface area contributed by atoms with Gasteiger partial charge in [0.15, 0.2) is 0 Å². The molecule has 2 N–H and O–H groups in total. The Bertz CT molecular complexity index is 603. The van der Waals surface area contributed by atoms with Crippen LogP contribution in [0.2, 0.25) is 0 Å². The van der Waals surface area contributed by atoms with Gasteiger partial charge in [-0.3, -0.25) is 4.79 Å². The number of hydrogen-bond donors (Lipinski definition) is 2. The molecule has 1 aliphatic carbocycles. The van der Waals surface area contributed by atoms with E-state index in [2.05, 4.69) is 57.8 Å². The summed E-state index contributed by atoms with van der Waals surface area (Å²) < 4.78 is 0. The number of piperazine rings is 1. The van der Waals surface area contributed by atoms with E-state index in [1.807, 2.05) is 0 Å². The molecule has 2 aliphatic rings. The van der Waals surface area contributed by atoms with Crippen LogP contribution in [0, 0.1) is 0 Å². The average molecular weight is 357 g/mol. The standard InChI is InChI=1S/C21H32N4O/c1-24-13-15-25(16-14-24)20-9-7-19(8-10-20)23-17-21(26)22-12-11-18-5-3-2-4-6-18/h5,7-10,23H,2-4,6,11-17H2,1H3,(H,22,26). The first kappa shape index (κ1) is 18.8. The van der Waals surface area contributed by atoms with E-state index in [0.29, 0.717) is 6.54 Å². The molecule has 1 amide bonds. The summed E-state index contributed by atoms with van der Waals surface area (Å²) in [5.74, 6) is 0.0598. The Morgan fingerprint density at radius 2 is 1.85 bits per heavy atom. The lowest BCUT2D eigenvalue weighted by Crippen LogP contribution is -2.44. The number of anilines is 2. The Morgan fingerprint density at radius 3 is 2.54 bits per heavy atom. The molecule has 1 aliphatic heterocycles. The highest BCUT2D eigenvalue weighted by molar-refractivity contribution is 5.80. The van der Waals surface area contributed by atoms with Gasteiger partial charge >= 0.3 is 0 Å². The molecule has 5 nitrogen and oxygen atoms in total. The first-order valence-corrected chi connectivity index (χ1v) is 9.93. The van der Waals surface area contributed by atoms with Gasteiger partial charge in [-0.1, -0.05) is 11.6 Å². The molecule has 1 aromatic carbocycles. The van der Waals surface area contributed by atoms with E-state index in [0.717, 1.165) is 44.8 Å². The number of carbonyl (C=O) groups is 1. The number of likely N-dealkylation sites (N-methyl/N-ethyl adjacent to an activating group) is 1. The van der Waals surface area contributed by atoms with Crippen LogP contribution < -0.4 is 15.5 Å². The van der Waals surface area contributed by atoms with E-state index >= 15 is 0 Å². The summed E-state index contributed by atoms with van der Waals surface area (Å²) in [4.78, 5) is 16.8. The molecule has 0 saturated carbocycles. The molecule has 0 spiro atoms. The highest BCUT2D eigenvalue weighted by Crippen LogP contribution is 2.20. The van der Waals surface area contributed by atoms with E-state index in [1.54, 1.807) is 0 Å². The molecule has 1 aromatic rings. The Kier molecular flexibility index (Phi) is 6.95. The van der Waals surface area contributed by atoms with Crippen molar-refractivity contribution >= 4 is 17.3 Å². The second-order valence-electron chi connectivity index (χ2n) is 7.40. The van der Waals surface area contributed by atoms with E-state index in [9.17, 15) is 4.79 Å². The zero-order valence-corrected chi connectivity index (χ0v) is 16.0. The highest BCUT2D eigenvalue weighted by atomic mass is 16.1. The smallest absolute Gasteiger partial charge is 0.239 e. The third-order valence-electron chi connectivity index (χ3n) is 5.34. The molecule has 0 unspecified atom stereocenters. The normalized spacial score (nSPS) is 18.3. The van der Waals surface area contributed by atoms with E-state index < -0.39 is 0 Å². The summed E-state index contributed by atoms with van der Waals surface area (Å²) in [6.45, 7) is 5.43. The third-order valence-corrected chi connectivity index (χ3v) is 5.34. The van der Waals surface area contributed by atoms with Gasteiger partial charge in [-0.25, -0.2) is 0 Å². The van der Waals surface area contributed by atoms with Gasteiger partial charge in [-0.2, -0.15) is 0 Å². The van der Waals surface area contributed by atoms with Crippen LogP contribution in [0.15, 0.2) is 35.9 Å². The van der Waals surface area contributed by atoms with Crippen molar-refractivity contribution in [1.82, 2.24) is 10.2 Å². The van der Waals surface area contributed by atoms with Gasteiger partial charge in [0.2, 0.25) is 5.91 Å². The number of rotatable bonds is 7. The number of hydrogen-bond acceptors (Lipinski definition) is 4. The zero-order chi connectivity index (χ0) is 18.2. The maximum Gasteiger partial charge on any atom is 0.239 e. The lowest BCUT2D eigenvalue weighted by Gasteiger charge is -2.34. The van der Waals surface area contributed by atoms with Gasteiger partial charge < -0.3 is 20.4 Å². The summed E-state index contributed by atoms with van der Waals surface area (Å²) in [6.07, 6.45) is 8.35. The summed E-state index contributed by atoms with van der Waals surface area (Å²) in [5.41, 5.74) is 3.76. The number of amides is 1. The first-order valence-electron chi connectivity index (χ1n) is 9.93. The monoisotopic (exact) mass is 356 g/mol. The zero-order valence-electron chi connectivity index (χ0n) is 16.0. The van der Waals surface area contributed by atoms with Crippen LogP contribution in [-0.2, 0) is 4.79 Å². The summed E-state index contributed by atoms with van der Waals surface area (Å²) in [5, 5.41) is 6.23. The summed E-state index contributed by atoms with van der Waals surface area (Å²) >= 11 is 0. The SMILES string of the molecule is CN1CCN(c2ccc(NCC(=O)NCCC3=CCCCC3)cc2)CC1. The lowest BCUT2D eigenvalue weighted by atomic mass is 9.97. The fraction of sp³-hybridized carbons (Fsp3) is 0.571. The number of benzene rings is 1. The molecule has 0 aromatic heterocycles. The van der Waals surface area contributed by atoms with Gasteiger partial charge in [-0.05, 0) is 63.4 Å². The number of allylic oxidation sites excluding steroid dienone is 1. The van der Waals surface area contributed by atoms with Crippen molar-refractivity contribution in [2.45, 2.75) is 32.1 Å². The molecular formula is C21H32N4O. The van der Waals surface area contributed by atoms with Gasteiger partial charge in [0.25, 0.3) is 0 Å². The lowest BCUT2D eigenvalue weighted by molar-refractivity contribution is -0.119. The molecule has 1 heterocycles. The van der Waals surface area contributed by atoms with Gasteiger partial charge in [0.1, 0.15) is 0 Å². The molecule has 1 saturated heterocycles. The topological polar surface area (TPSA) is 47.6 Å². The number of nitrogens with one attached hydrogen (secondary N) is 2. The molecular weight excluding hydrogens is 324 g/mol. The van der Waals surface area contributed by atoms with Gasteiger partial charge in [-0.15, -0.1) is 0 Å². The molecule has 26 heavy (non-hydrogen) atoms.